The molecular formula is C20H22N2O2S2. The summed E-state index contributed by atoms with van der Waals surface area (Å²) in [6, 6.07) is 7.98. The lowest BCUT2D eigenvalue weighted by Gasteiger charge is -2.26. The highest BCUT2D eigenvalue weighted by Gasteiger charge is 2.28. The minimum Gasteiger partial charge on any atom is -0.372 e. The Bertz CT molecular complexity index is 1040. The largest absolute Gasteiger partial charge is 0.372 e. The Balaban J connectivity index is 2.00. The molecule has 3 aromatic rings. The Morgan fingerprint density at radius 2 is 2.12 bits per heavy atom. The second kappa shape index (κ2) is 6.83. The number of aromatic nitrogens is 2. The number of benzene rings is 1. The molecule has 0 aliphatic carbocycles. The lowest BCUT2D eigenvalue weighted by molar-refractivity contribution is 0.00200. The van der Waals surface area contributed by atoms with Crippen LogP contribution in [0.15, 0.2) is 34.2 Å². The minimum atomic E-state index is 0.0376. The van der Waals surface area contributed by atoms with Crippen molar-refractivity contribution in [1.82, 2.24) is 9.55 Å². The molecule has 0 saturated heterocycles. The number of fused-ring (bicyclic) bond motifs is 3. The second-order valence-electron chi connectivity index (χ2n) is 7.01. The van der Waals surface area contributed by atoms with E-state index in [1.807, 2.05) is 37.4 Å². The van der Waals surface area contributed by atoms with Crippen LogP contribution in [0.1, 0.15) is 29.9 Å². The Labute approximate surface area is 161 Å². The first kappa shape index (κ1) is 17.8. The van der Waals surface area contributed by atoms with Crippen molar-refractivity contribution in [2.45, 2.75) is 45.1 Å². The van der Waals surface area contributed by atoms with E-state index < -0.39 is 0 Å². The van der Waals surface area contributed by atoms with Gasteiger partial charge < -0.3 is 4.74 Å². The monoisotopic (exact) mass is 386 g/mol. The van der Waals surface area contributed by atoms with Gasteiger partial charge in [0.2, 0.25) is 0 Å². The fourth-order valence-corrected chi connectivity index (χ4v) is 5.22. The van der Waals surface area contributed by atoms with Gasteiger partial charge in [0.1, 0.15) is 4.83 Å². The molecule has 1 atom stereocenters. The maximum atomic E-state index is 13.5. The maximum absolute atomic E-state index is 13.5. The van der Waals surface area contributed by atoms with E-state index in [-0.39, 0.29) is 11.7 Å². The molecule has 3 heterocycles. The van der Waals surface area contributed by atoms with Gasteiger partial charge in [-0.1, -0.05) is 43.8 Å². The van der Waals surface area contributed by atoms with Gasteiger partial charge in [0.15, 0.2) is 5.16 Å². The van der Waals surface area contributed by atoms with Crippen LogP contribution in [-0.4, -0.2) is 21.9 Å². The first-order valence-corrected chi connectivity index (χ1v) is 10.8. The molecule has 4 rings (SSSR count). The second-order valence-corrected chi connectivity index (χ2v) is 8.86. The van der Waals surface area contributed by atoms with Crippen LogP contribution in [0.4, 0.5) is 0 Å². The number of para-hydroxylation sites is 1. The third-order valence-electron chi connectivity index (χ3n) is 4.99. The minimum absolute atomic E-state index is 0.0376. The lowest BCUT2D eigenvalue weighted by Crippen LogP contribution is -2.28. The van der Waals surface area contributed by atoms with Crippen LogP contribution in [0, 0.1) is 12.8 Å². The van der Waals surface area contributed by atoms with Crippen LogP contribution in [0.25, 0.3) is 15.9 Å². The number of ether oxygens (including phenoxy) is 1. The SMILES string of the molecule is CSc1nc2sc3c(c2c(=O)n1-c1ccccc1C)C[C@H](C(C)C)OC3. The highest BCUT2D eigenvalue weighted by atomic mass is 32.2. The standard InChI is InChI=1S/C20H22N2O2S2/c1-11(2)15-9-13-16(10-24-15)26-18-17(13)19(23)22(20(21-18)25-4)14-8-6-5-7-12(14)3/h5-8,11,15H,9-10H2,1-4H3/t15-/m1/s1. The smallest absolute Gasteiger partial charge is 0.267 e. The third kappa shape index (κ3) is 2.80. The van der Waals surface area contributed by atoms with Crippen LogP contribution >= 0.6 is 23.1 Å². The van der Waals surface area contributed by atoms with Gasteiger partial charge in [-0.05, 0) is 36.3 Å². The summed E-state index contributed by atoms with van der Waals surface area (Å²) < 4.78 is 7.77. The number of hydrogen-bond donors (Lipinski definition) is 0. The molecule has 136 valence electrons. The summed E-state index contributed by atoms with van der Waals surface area (Å²) >= 11 is 3.11. The van der Waals surface area contributed by atoms with Crippen molar-refractivity contribution in [3.8, 4) is 5.69 Å². The molecule has 4 nitrogen and oxygen atoms in total. The molecule has 0 N–H and O–H groups in total. The Morgan fingerprint density at radius 3 is 2.81 bits per heavy atom. The molecule has 0 bridgehead atoms. The van der Waals surface area contributed by atoms with Gasteiger partial charge in [0.25, 0.3) is 5.56 Å². The van der Waals surface area contributed by atoms with Gasteiger partial charge in [0, 0.05) is 11.3 Å². The molecule has 0 unspecified atom stereocenters. The van der Waals surface area contributed by atoms with Gasteiger partial charge in [-0.25, -0.2) is 4.98 Å². The first-order valence-electron chi connectivity index (χ1n) is 8.80. The van der Waals surface area contributed by atoms with Crippen LogP contribution < -0.4 is 5.56 Å². The molecule has 1 aliphatic heterocycles. The molecule has 0 amide bonds. The molecular weight excluding hydrogens is 364 g/mol. The number of rotatable bonds is 3. The zero-order valence-electron chi connectivity index (χ0n) is 15.4. The summed E-state index contributed by atoms with van der Waals surface area (Å²) in [5.41, 5.74) is 3.15. The van der Waals surface area contributed by atoms with Gasteiger partial charge in [0.05, 0.1) is 23.8 Å². The molecule has 0 radical (unpaired) electrons. The molecule has 0 fully saturated rings. The number of thiophene rings is 1. The van der Waals surface area contributed by atoms with Crippen molar-refractivity contribution in [2.24, 2.45) is 5.92 Å². The third-order valence-corrected chi connectivity index (χ3v) is 6.73. The van der Waals surface area contributed by atoms with E-state index in [4.69, 9.17) is 9.72 Å². The van der Waals surface area contributed by atoms with Crippen molar-refractivity contribution in [1.29, 1.82) is 0 Å². The molecule has 26 heavy (non-hydrogen) atoms. The number of hydrogen-bond acceptors (Lipinski definition) is 5. The predicted octanol–water partition coefficient (Wildman–Crippen LogP) is 4.57. The Hall–Kier alpha value is -1.63. The molecule has 6 heteroatoms. The van der Waals surface area contributed by atoms with E-state index in [2.05, 4.69) is 13.8 Å². The fourth-order valence-electron chi connectivity index (χ4n) is 3.50. The van der Waals surface area contributed by atoms with E-state index in [0.29, 0.717) is 12.5 Å². The van der Waals surface area contributed by atoms with Crippen molar-refractivity contribution < 1.29 is 4.74 Å². The van der Waals surface area contributed by atoms with E-state index in [1.54, 1.807) is 15.9 Å². The number of nitrogens with zero attached hydrogens (tertiary/aromatic N) is 2. The Kier molecular flexibility index (Phi) is 4.67. The summed E-state index contributed by atoms with van der Waals surface area (Å²) in [5.74, 6) is 0.426. The van der Waals surface area contributed by atoms with Crippen molar-refractivity contribution in [2.75, 3.05) is 6.26 Å². The van der Waals surface area contributed by atoms with Crippen LogP contribution in [-0.2, 0) is 17.8 Å². The van der Waals surface area contributed by atoms with Crippen molar-refractivity contribution in [3.63, 3.8) is 0 Å². The predicted molar refractivity (Wildman–Crippen MR) is 109 cm³/mol. The normalized spacial score (nSPS) is 17.0. The van der Waals surface area contributed by atoms with Crippen LogP contribution in [0.3, 0.4) is 0 Å². The summed E-state index contributed by atoms with van der Waals surface area (Å²) in [6.07, 6.45) is 2.91. The summed E-state index contributed by atoms with van der Waals surface area (Å²) in [5, 5.41) is 1.51. The molecule has 0 saturated carbocycles. The summed E-state index contributed by atoms with van der Waals surface area (Å²) in [7, 11) is 0. The van der Waals surface area contributed by atoms with E-state index >= 15 is 0 Å². The number of aryl methyl sites for hydroxylation is 1. The average molecular weight is 387 g/mol. The molecule has 1 aliphatic rings. The quantitative estimate of drug-likeness (QED) is 0.488. The Morgan fingerprint density at radius 1 is 1.35 bits per heavy atom. The fraction of sp³-hybridized carbons (Fsp3) is 0.400. The maximum Gasteiger partial charge on any atom is 0.267 e. The average Bonchev–Trinajstić information content (AvgIpc) is 3.00. The van der Waals surface area contributed by atoms with Crippen LogP contribution in [0.2, 0.25) is 0 Å². The van der Waals surface area contributed by atoms with Gasteiger partial charge in [-0.15, -0.1) is 11.3 Å². The van der Waals surface area contributed by atoms with E-state index in [0.717, 1.165) is 43.5 Å². The van der Waals surface area contributed by atoms with Gasteiger partial charge in [-0.2, -0.15) is 0 Å². The van der Waals surface area contributed by atoms with E-state index in [9.17, 15) is 4.79 Å². The summed E-state index contributed by atoms with van der Waals surface area (Å²) in [4.78, 5) is 20.4. The van der Waals surface area contributed by atoms with Gasteiger partial charge in [-0.3, -0.25) is 9.36 Å². The molecule has 2 aromatic heterocycles. The topological polar surface area (TPSA) is 44.1 Å². The zero-order chi connectivity index (χ0) is 18.4. The lowest BCUT2D eigenvalue weighted by atomic mass is 9.96. The zero-order valence-corrected chi connectivity index (χ0v) is 17.0. The highest BCUT2D eigenvalue weighted by molar-refractivity contribution is 7.98. The van der Waals surface area contributed by atoms with Gasteiger partial charge >= 0.3 is 0 Å². The highest BCUT2D eigenvalue weighted by Crippen LogP contribution is 2.36. The van der Waals surface area contributed by atoms with Crippen molar-refractivity contribution >= 4 is 33.3 Å². The summed E-state index contributed by atoms with van der Waals surface area (Å²) in [6.45, 7) is 6.94. The van der Waals surface area contributed by atoms with Crippen LogP contribution in [0.5, 0.6) is 0 Å². The molecule has 0 spiro atoms. The van der Waals surface area contributed by atoms with Crippen molar-refractivity contribution in [3.05, 3.63) is 50.6 Å². The number of thioether (sulfide) groups is 1. The first-order chi connectivity index (χ1) is 12.5. The van der Waals surface area contributed by atoms with E-state index in [1.165, 1.54) is 11.8 Å². The molecule has 1 aromatic carbocycles.